The van der Waals surface area contributed by atoms with Gasteiger partial charge in [-0.25, -0.2) is 0 Å². The second-order valence-electron chi connectivity index (χ2n) is 8.16. The summed E-state index contributed by atoms with van der Waals surface area (Å²) in [6, 6.07) is 15.5. The summed E-state index contributed by atoms with van der Waals surface area (Å²) in [6.07, 6.45) is 2.61. The predicted octanol–water partition coefficient (Wildman–Crippen LogP) is 6.24. The van der Waals surface area contributed by atoms with E-state index in [4.69, 9.17) is 11.6 Å². The smallest absolute Gasteiger partial charge is 0.243 e. The molecule has 2 rings (SSSR count). The van der Waals surface area contributed by atoms with Crippen molar-refractivity contribution in [2.75, 3.05) is 5.75 Å². The van der Waals surface area contributed by atoms with Gasteiger partial charge in [0.1, 0.15) is 6.04 Å². The molecule has 2 aromatic rings. The van der Waals surface area contributed by atoms with Crippen LogP contribution in [0.4, 0.5) is 0 Å². The number of benzene rings is 2. The highest BCUT2D eigenvalue weighted by atomic mass is 35.5. The highest BCUT2D eigenvalue weighted by Crippen LogP contribution is 2.22. The molecule has 0 aliphatic heterocycles. The summed E-state index contributed by atoms with van der Waals surface area (Å²) in [5.41, 5.74) is 2.21. The topological polar surface area (TPSA) is 49.4 Å². The van der Waals surface area contributed by atoms with E-state index in [-0.39, 0.29) is 17.9 Å². The Morgan fingerprint density at radius 2 is 1.69 bits per heavy atom. The Kier molecular flexibility index (Phi) is 11.1. The minimum atomic E-state index is -0.471. The molecule has 0 saturated heterocycles. The lowest BCUT2D eigenvalue weighted by molar-refractivity contribution is -0.141. The van der Waals surface area contributed by atoms with Crippen molar-refractivity contribution in [1.82, 2.24) is 10.2 Å². The third-order valence-corrected chi connectivity index (χ3v) is 6.83. The average molecular weight is 475 g/mol. The predicted molar refractivity (Wildman–Crippen MR) is 135 cm³/mol. The number of hydrogen-bond donors (Lipinski definition) is 1. The van der Waals surface area contributed by atoms with Crippen LogP contribution in [-0.4, -0.2) is 34.6 Å². The zero-order chi connectivity index (χ0) is 23.5. The zero-order valence-corrected chi connectivity index (χ0v) is 21.1. The molecule has 6 heteroatoms. The van der Waals surface area contributed by atoms with Crippen molar-refractivity contribution >= 4 is 35.2 Å². The fourth-order valence-corrected chi connectivity index (χ4v) is 4.32. The second-order valence-corrected chi connectivity index (χ2v) is 9.76. The van der Waals surface area contributed by atoms with Gasteiger partial charge in [0.05, 0.1) is 0 Å². The molecule has 4 nitrogen and oxygen atoms in total. The maximum atomic E-state index is 13.2. The van der Waals surface area contributed by atoms with Crippen molar-refractivity contribution in [2.24, 2.45) is 0 Å². The van der Waals surface area contributed by atoms with Crippen LogP contribution in [0.3, 0.4) is 0 Å². The van der Waals surface area contributed by atoms with E-state index in [2.05, 4.69) is 5.32 Å². The number of hydrogen-bond acceptors (Lipinski definition) is 3. The van der Waals surface area contributed by atoms with Crippen LogP contribution in [0.2, 0.25) is 5.02 Å². The van der Waals surface area contributed by atoms with Gasteiger partial charge in [-0.1, -0.05) is 55.3 Å². The molecule has 1 N–H and O–H groups in total. The molecule has 2 aromatic carbocycles. The second kappa shape index (κ2) is 13.5. The molecule has 0 unspecified atom stereocenters. The number of nitrogens with zero attached hydrogens (tertiary/aromatic N) is 1. The van der Waals surface area contributed by atoms with Gasteiger partial charge >= 0.3 is 0 Å². The summed E-state index contributed by atoms with van der Waals surface area (Å²) >= 11 is 7.65. The van der Waals surface area contributed by atoms with Crippen molar-refractivity contribution in [2.45, 2.75) is 76.9 Å². The first kappa shape index (κ1) is 26.3. The van der Waals surface area contributed by atoms with Crippen molar-refractivity contribution in [1.29, 1.82) is 0 Å². The van der Waals surface area contributed by atoms with Gasteiger partial charge in [0, 0.05) is 28.9 Å². The van der Waals surface area contributed by atoms with Crippen LogP contribution in [0.5, 0.6) is 0 Å². The molecular weight excluding hydrogens is 440 g/mol. The van der Waals surface area contributed by atoms with Crippen molar-refractivity contribution < 1.29 is 9.59 Å². The maximum absolute atomic E-state index is 13.2. The van der Waals surface area contributed by atoms with Gasteiger partial charge in [-0.2, -0.15) is 0 Å². The van der Waals surface area contributed by atoms with E-state index in [1.165, 1.54) is 5.56 Å². The normalized spacial score (nSPS) is 12.8. The van der Waals surface area contributed by atoms with Gasteiger partial charge in [0.25, 0.3) is 0 Å². The van der Waals surface area contributed by atoms with Crippen molar-refractivity contribution in [3.05, 3.63) is 64.7 Å². The third-order valence-electron chi connectivity index (χ3n) is 5.48. The molecular formula is C26H35ClN2O2S. The lowest BCUT2D eigenvalue weighted by Gasteiger charge is -2.31. The zero-order valence-electron chi connectivity index (χ0n) is 19.6. The highest BCUT2D eigenvalue weighted by molar-refractivity contribution is 7.99. The Morgan fingerprint density at radius 1 is 1.03 bits per heavy atom. The Morgan fingerprint density at radius 3 is 2.28 bits per heavy atom. The molecule has 0 aromatic heterocycles. The van der Waals surface area contributed by atoms with E-state index in [0.717, 1.165) is 34.1 Å². The quantitative estimate of drug-likeness (QED) is 0.292. The first-order valence-corrected chi connectivity index (χ1v) is 12.7. The molecule has 0 aliphatic carbocycles. The fourth-order valence-electron chi connectivity index (χ4n) is 3.34. The summed E-state index contributed by atoms with van der Waals surface area (Å²) in [6.45, 7) is 8.48. The van der Waals surface area contributed by atoms with Gasteiger partial charge in [0.2, 0.25) is 11.8 Å². The highest BCUT2D eigenvalue weighted by Gasteiger charge is 2.28. The van der Waals surface area contributed by atoms with E-state index in [9.17, 15) is 9.59 Å². The Bertz CT molecular complexity index is 855. The number of thioether (sulfide) groups is 1. The van der Waals surface area contributed by atoms with Crippen LogP contribution in [0.15, 0.2) is 53.4 Å². The number of halogens is 1. The number of nitrogens with one attached hydrogen (secondary N) is 1. The summed E-state index contributed by atoms with van der Waals surface area (Å²) in [4.78, 5) is 29.1. The van der Waals surface area contributed by atoms with Gasteiger partial charge in [-0.05, 0) is 68.7 Å². The third kappa shape index (κ3) is 8.51. The molecule has 2 amide bonds. The summed E-state index contributed by atoms with van der Waals surface area (Å²) in [5.74, 6) is 0.785. The average Bonchev–Trinajstić information content (AvgIpc) is 2.78. The summed E-state index contributed by atoms with van der Waals surface area (Å²) in [5, 5.41) is 3.78. The molecule has 0 fully saturated rings. The largest absolute Gasteiger partial charge is 0.352 e. The van der Waals surface area contributed by atoms with E-state index < -0.39 is 6.04 Å². The van der Waals surface area contributed by atoms with Gasteiger partial charge < -0.3 is 10.2 Å². The number of carbonyl (C=O) groups excluding carboxylic acids is 2. The lowest BCUT2D eigenvalue weighted by Crippen LogP contribution is -2.50. The minimum Gasteiger partial charge on any atom is -0.352 e. The molecule has 0 saturated carbocycles. The van der Waals surface area contributed by atoms with Crippen LogP contribution >= 0.6 is 23.4 Å². The maximum Gasteiger partial charge on any atom is 0.243 e. The van der Waals surface area contributed by atoms with Gasteiger partial charge in [-0.15, -0.1) is 11.8 Å². The number of rotatable bonds is 12. The first-order chi connectivity index (χ1) is 15.3. The monoisotopic (exact) mass is 474 g/mol. The Labute approximate surface area is 202 Å². The molecule has 0 radical (unpaired) electrons. The van der Waals surface area contributed by atoms with E-state index >= 15 is 0 Å². The molecule has 174 valence electrons. The first-order valence-electron chi connectivity index (χ1n) is 11.4. The molecule has 0 spiro atoms. The van der Waals surface area contributed by atoms with Crippen molar-refractivity contribution in [3.63, 3.8) is 0 Å². The van der Waals surface area contributed by atoms with E-state index in [0.29, 0.717) is 19.4 Å². The number of amides is 2. The Hall–Kier alpha value is -1.98. The fraction of sp³-hybridized carbons (Fsp3) is 0.462. The molecule has 32 heavy (non-hydrogen) atoms. The van der Waals surface area contributed by atoms with E-state index in [1.54, 1.807) is 16.7 Å². The summed E-state index contributed by atoms with van der Waals surface area (Å²) < 4.78 is 0. The molecule has 0 aliphatic rings. The minimum absolute atomic E-state index is 0.0217. The van der Waals surface area contributed by atoms with Crippen LogP contribution in [-0.2, 0) is 16.1 Å². The SMILES string of the molecule is CC[C@@H](C)NC(=O)[C@H](CC)N(Cc1ccc(C)cc1)C(=O)CCCSc1ccc(Cl)cc1. The Balaban J connectivity index is 2.05. The molecule has 0 bridgehead atoms. The number of carbonyl (C=O) groups is 2. The van der Waals surface area contributed by atoms with E-state index in [1.807, 2.05) is 76.2 Å². The van der Waals surface area contributed by atoms with Crippen molar-refractivity contribution in [3.8, 4) is 0 Å². The van der Waals surface area contributed by atoms with Crippen LogP contribution in [0.1, 0.15) is 57.6 Å². The van der Waals surface area contributed by atoms with Crippen LogP contribution < -0.4 is 5.32 Å². The van der Waals surface area contributed by atoms with Crippen LogP contribution in [0.25, 0.3) is 0 Å². The van der Waals surface area contributed by atoms with Gasteiger partial charge in [0.15, 0.2) is 0 Å². The molecule has 0 heterocycles. The summed E-state index contributed by atoms with van der Waals surface area (Å²) in [7, 11) is 0. The number of aryl methyl sites for hydroxylation is 1. The lowest BCUT2D eigenvalue weighted by atomic mass is 10.1. The van der Waals surface area contributed by atoms with Gasteiger partial charge in [-0.3, -0.25) is 9.59 Å². The van der Waals surface area contributed by atoms with Crippen LogP contribution in [0, 0.1) is 6.92 Å². The molecule has 2 atom stereocenters. The standard InChI is InChI=1S/C26H35ClN2O2S/c1-5-20(4)28-26(31)24(6-2)29(18-21-11-9-19(3)10-12-21)25(30)8-7-17-32-23-15-13-22(27)14-16-23/h9-16,20,24H,5-8,17-18H2,1-4H3,(H,28,31)/t20-,24+/m1/s1.